The van der Waals surface area contributed by atoms with E-state index in [2.05, 4.69) is 5.32 Å². The average molecular weight is 334 g/mol. The van der Waals surface area contributed by atoms with Gasteiger partial charge in [0.1, 0.15) is 23.2 Å². The molecule has 130 valence electrons. The molecule has 1 saturated heterocycles. The van der Waals surface area contributed by atoms with Gasteiger partial charge in [0.2, 0.25) is 0 Å². The molecule has 24 heavy (non-hydrogen) atoms. The van der Waals surface area contributed by atoms with E-state index in [1.54, 1.807) is 23.1 Å². The number of ether oxygens (including phenoxy) is 3. The molecule has 0 spiro atoms. The SMILES string of the molecule is CC(C)(C)OC(=O)N1CC[C@@H](Oc2ccc3c(c2)NC(=O)CO3)C1. The molecule has 0 radical (unpaired) electrons. The van der Waals surface area contributed by atoms with Crippen molar-refractivity contribution in [1.82, 2.24) is 4.90 Å². The molecule has 7 heteroatoms. The maximum Gasteiger partial charge on any atom is 0.410 e. The zero-order valence-electron chi connectivity index (χ0n) is 14.1. The molecule has 1 aromatic carbocycles. The van der Waals surface area contributed by atoms with Crippen LogP contribution >= 0.6 is 0 Å². The fourth-order valence-electron chi connectivity index (χ4n) is 2.64. The summed E-state index contributed by atoms with van der Waals surface area (Å²) in [4.78, 5) is 25.1. The second-order valence-electron chi connectivity index (χ2n) is 6.95. The highest BCUT2D eigenvalue weighted by Gasteiger charge is 2.31. The summed E-state index contributed by atoms with van der Waals surface area (Å²) in [6.07, 6.45) is 0.314. The van der Waals surface area contributed by atoms with Gasteiger partial charge in [-0.3, -0.25) is 4.79 Å². The number of hydrogen-bond donors (Lipinski definition) is 1. The van der Waals surface area contributed by atoms with Gasteiger partial charge in [0.15, 0.2) is 6.61 Å². The van der Waals surface area contributed by atoms with Crippen LogP contribution in [0.15, 0.2) is 18.2 Å². The van der Waals surface area contributed by atoms with Crippen molar-refractivity contribution < 1.29 is 23.8 Å². The van der Waals surface area contributed by atoms with Crippen molar-refractivity contribution in [3.63, 3.8) is 0 Å². The van der Waals surface area contributed by atoms with Gasteiger partial charge in [-0.05, 0) is 32.9 Å². The van der Waals surface area contributed by atoms with Gasteiger partial charge in [-0.2, -0.15) is 0 Å². The molecule has 1 aromatic rings. The first-order chi connectivity index (χ1) is 11.3. The fourth-order valence-corrected chi connectivity index (χ4v) is 2.64. The average Bonchev–Trinajstić information content (AvgIpc) is 2.94. The van der Waals surface area contributed by atoms with Crippen LogP contribution in [0.3, 0.4) is 0 Å². The Labute approximate surface area is 140 Å². The first kappa shape index (κ1) is 16.4. The number of rotatable bonds is 2. The minimum absolute atomic E-state index is 0.0284. The van der Waals surface area contributed by atoms with E-state index in [1.807, 2.05) is 20.8 Å². The first-order valence-corrected chi connectivity index (χ1v) is 8.01. The van der Waals surface area contributed by atoms with Gasteiger partial charge in [-0.25, -0.2) is 4.79 Å². The zero-order chi connectivity index (χ0) is 17.3. The predicted octanol–water partition coefficient (Wildman–Crippen LogP) is 2.41. The van der Waals surface area contributed by atoms with Crippen molar-refractivity contribution in [2.45, 2.75) is 38.9 Å². The highest BCUT2D eigenvalue weighted by atomic mass is 16.6. The largest absolute Gasteiger partial charge is 0.488 e. The number of carbonyl (C=O) groups is 2. The molecule has 0 bridgehead atoms. The van der Waals surface area contributed by atoms with Crippen molar-refractivity contribution >= 4 is 17.7 Å². The Kier molecular flexibility index (Phi) is 4.26. The predicted molar refractivity (Wildman–Crippen MR) is 87.4 cm³/mol. The summed E-state index contributed by atoms with van der Waals surface area (Å²) in [7, 11) is 0. The molecular weight excluding hydrogens is 312 g/mol. The number of nitrogens with one attached hydrogen (secondary N) is 1. The number of amides is 2. The third-order valence-electron chi connectivity index (χ3n) is 3.68. The lowest BCUT2D eigenvalue weighted by Crippen LogP contribution is -2.36. The topological polar surface area (TPSA) is 77.1 Å². The molecule has 2 amide bonds. The summed E-state index contributed by atoms with van der Waals surface area (Å²) in [6.45, 7) is 6.65. The van der Waals surface area contributed by atoms with E-state index < -0.39 is 5.60 Å². The number of likely N-dealkylation sites (tertiary alicyclic amines) is 1. The number of hydrogen-bond acceptors (Lipinski definition) is 5. The van der Waals surface area contributed by atoms with Crippen molar-refractivity contribution in [3.05, 3.63) is 18.2 Å². The lowest BCUT2D eigenvalue weighted by molar-refractivity contribution is -0.118. The third-order valence-corrected chi connectivity index (χ3v) is 3.68. The van der Waals surface area contributed by atoms with Crippen LogP contribution in [-0.2, 0) is 9.53 Å². The van der Waals surface area contributed by atoms with Gasteiger partial charge in [-0.1, -0.05) is 0 Å². The molecular formula is C17H22N2O5. The highest BCUT2D eigenvalue weighted by molar-refractivity contribution is 5.95. The van der Waals surface area contributed by atoms with Gasteiger partial charge < -0.3 is 24.4 Å². The van der Waals surface area contributed by atoms with Crippen LogP contribution in [0, 0.1) is 0 Å². The van der Waals surface area contributed by atoms with E-state index in [-0.39, 0.29) is 24.7 Å². The quantitative estimate of drug-likeness (QED) is 0.899. The molecule has 2 aliphatic rings. The third kappa shape index (κ3) is 3.90. The molecule has 0 unspecified atom stereocenters. The number of carbonyl (C=O) groups excluding carboxylic acids is 2. The van der Waals surface area contributed by atoms with Crippen LogP contribution in [-0.4, -0.2) is 48.3 Å². The monoisotopic (exact) mass is 334 g/mol. The van der Waals surface area contributed by atoms with Gasteiger partial charge in [0, 0.05) is 19.0 Å². The summed E-state index contributed by atoms with van der Waals surface area (Å²) < 4.78 is 16.6. The normalized spacial score (nSPS) is 20.0. The van der Waals surface area contributed by atoms with Crippen LogP contribution in [0.4, 0.5) is 10.5 Å². The van der Waals surface area contributed by atoms with Crippen molar-refractivity contribution in [2.75, 3.05) is 25.0 Å². The number of fused-ring (bicyclic) bond motifs is 1. The van der Waals surface area contributed by atoms with E-state index in [9.17, 15) is 9.59 Å². The highest BCUT2D eigenvalue weighted by Crippen LogP contribution is 2.32. The standard InChI is InChI=1S/C17H22N2O5/c1-17(2,3)24-16(21)19-7-6-12(9-19)23-11-4-5-14-13(8-11)18-15(20)10-22-14/h4-5,8,12H,6-7,9-10H2,1-3H3,(H,18,20)/t12-/m1/s1. The van der Waals surface area contributed by atoms with Crippen molar-refractivity contribution in [1.29, 1.82) is 0 Å². The van der Waals surface area contributed by atoms with Crippen LogP contribution in [0.1, 0.15) is 27.2 Å². The summed E-state index contributed by atoms with van der Waals surface area (Å²) in [5, 5.41) is 2.75. The van der Waals surface area contributed by atoms with Gasteiger partial charge >= 0.3 is 6.09 Å². The summed E-state index contributed by atoms with van der Waals surface area (Å²) in [5.74, 6) is 1.08. The maximum absolute atomic E-state index is 12.1. The molecule has 1 N–H and O–H groups in total. The molecule has 2 heterocycles. The fraction of sp³-hybridized carbons (Fsp3) is 0.529. The summed E-state index contributed by atoms with van der Waals surface area (Å²) in [5.41, 5.74) is 0.0953. The minimum Gasteiger partial charge on any atom is -0.488 e. The molecule has 0 aromatic heterocycles. The zero-order valence-corrected chi connectivity index (χ0v) is 14.1. The molecule has 3 rings (SSSR count). The van der Waals surface area contributed by atoms with E-state index >= 15 is 0 Å². The van der Waals surface area contributed by atoms with Crippen molar-refractivity contribution in [3.8, 4) is 11.5 Å². The van der Waals surface area contributed by atoms with Crippen LogP contribution in [0.5, 0.6) is 11.5 Å². The van der Waals surface area contributed by atoms with E-state index in [4.69, 9.17) is 14.2 Å². The molecule has 1 atom stereocenters. The lowest BCUT2D eigenvalue weighted by Gasteiger charge is -2.24. The number of nitrogens with zero attached hydrogens (tertiary/aromatic N) is 1. The van der Waals surface area contributed by atoms with Crippen LogP contribution in [0.2, 0.25) is 0 Å². The minimum atomic E-state index is -0.507. The van der Waals surface area contributed by atoms with E-state index in [1.165, 1.54) is 0 Å². The lowest BCUT2D eigenvalue weighted by atomic mass is 10.2. The molecule has 1 fully saturated rings. The first-order valence-electron chi connectivity index (χ1n) is 8.01. The maximum atomic E-state index is 12.1. The van der Waals surface area contributed by atoms with Gasteiger partial charge in [0.25, 0.3) is 5.91 Å². The van der Waals surface area contributed by atoms with Gasteiger partial charge in [-0.15, -0.1) is 0 Å². The summed E-state index contributed by atoms with van der Waals surface area (Å²) in [6, 6.07) is 5.31. The summed E-state index contributed by atoms with van der Waals surface area (Å²) >= 11 is 0. The Morgan fingerprint density at radius 2 is 2.17 bits per heavy atom. The Bertz CT molecular complexity index is 653. The molecule has 7 nitrogen and oxygen atoms in total. The smallest absolute Gasteiger partial charge is 0.410 e. The number of anilines is 1. The Morgan fingerprint density at radius 1 is 1.38 bits per heavy atom. The van der Waals surface area contributed by atoms with E-state index in [0.29, 0.717) is 30.3 Å². The number of benzene rings is 1. The van der Waals surface area contributed by atoms with Crippen LogP contribution in [0.25, 0.3) is 0 Å². The van der Waals surface area contributed by atoms with Gasteiger partial charge in [0.05, 0.1) is 12.2 Å². The molecule has 0 saturated carbocycles. The Balaban J connectivity index is 1.59. The second-order valence-corrected chi connectivity index (χ2v) is 6.95. The second kappa shape index (κ2) is 6.22. The Hall–Kier alpha value is -2.44. The Morgan fingerprint density at radius 3 is 2.92 bits per heavy atom. The van der Waals surface area contributed by atoms with Crippen molar-refractivity contribution in [2.24, 2.45) is 0 Å². The molecule has 2 aliphatic heterocycles. The van der Waals surface area contributed by atoms with Crippen LogP contribution < -0.4 is 14.8 Å². The van der Waals surface area contributed by atoms with E-state index in [0.717, 1.165) is 6.42 Å². The molecule has 0 aliphatic carbocycles.